The lowest BCUT2D eigenvalue weighted by Crippen LogP contribution is -2.43. The highest BCUT2D eigenvalue weighted by molar-refractivity contribution is 7.07. The van der Waals surface area contributed by atoms with Crippen LogP contribution in [0.15, 0.2) is 10.9 Å². The lowest BCUT2D eigenvalue weighted by molar-refractivity contribution is -0.0984. The summed E-state index contributed by atoms with van der Waals surface area (Å²) in [5.74, 6) is 6.30. The zero-order chi connectivity index (χ0) is 12.4. The van der Waals surface area contributed by atoms with Gasteiger partial charge in [0.25, 0.3) is 0 Å². The van der Waals surface area contributed by atoms with E-state index in [9.17, 15) is 0 Å². The third kappa shape index (κ3) is 2.32. The molecule has 1 aromatic rings. The molecule has 18 heavy (non-hydrogen) atoms. The summed E-state index contributed by atoms with van der Waals surface area (Å²) in [5, 5.41) is 2.10. The van der Waals surface area contributed by atoms with E-state index in [1.54, 1.807) is 11.3 Å². The van der Waals surface area contributed by atoms with E-state index in [2.05, 4.69) is 15.8 Å². The molecule has 2 heterocycles. The van der Waals surface area contributed by atoms with Crippen LogP contribution in [0.25, 0.3) is 0 Å². The zero-order valence-electron chi connectivity index (χ0n) is 10.6. The number of nitrogens with two attached hydrogens (primary N) is 1. The SMILES string of the molecule is NNC(c1cscn1)C1CCOC2(CCCC2)C1. The molecular formula is C13H21N3OS. The second-order valence-corrected chi connectivity index (χ2v) is 6.27. The molecule has 4 nitrogen and oxygen atoms in total. The molecule has 0 bridgehead atoms. The minimum atomic E-state index is 0.147. The highest BCUT2D eigenvalue weighted by atomic mass is 32.1. The van der Waals surface area contributed by atoms with E-state index in [1.165, 1.54) is 25.7 Å². The fraction of sp³-hybridized carbons (Fsp3) is 0.769. The smallest absolute Gasteiger partial charge is 0.0795 e. The zero-order valence-corrected chi connectivity index (χ0v) is 11.4. The molecule has 2 atom stereocenters. The van der Waals surface area contributed by atoms with Crippen molar-refractivity contribution in [3.05, 3.63) is 16.6 Å². The van der Waals surface area contributed by atoms with Gasteiger partial charge in [0.15, 0.2) is 0 Å². The average Bonchev–Trinajstić information content (AvgIpc) is 3.03. The number of rotatable bonds is 3. The van der Waals surface area contributed by atoms with E-state index in [0.717, 1.165) is 25.1 Å². The Balaban J connectivity index is 1.74. The van der Waals surface area contributed by atoms with Crippen LogP contribution in [0.4, 0.5) is 0 Å². The molecule has 5 heteroatoms. The number of hydrogen-bond donors (Lipinski definition) is 2. The molecule has 0 aromatic carbocycles. The van der Waals surface area contributed by atoms with Gasteiger partial charge in [0.1, 0.15) is 0 Å². The Morgan fingerprint density at radius 1 is 1.50 bits per heavy atom. The topological polar surface area (TPSA) is 60.2 Å². The van der Waals surface area contributed by atoms with Crippen LogP contribution in [0.1, 0.15) is 50.3 Å². The highest BCUT2D eigenvalue weighted by Gasteiger charge is 2.42. The van der Waals surface area contributed by atoms with Gasteiger partial charge >= 0.3 is 0 Å². The normalized spacial score (nSPS) is 28.6. The fourth-order valence-electron chi connectivity index (χ4n) is 3.56. The molecule has 1 saturated heterocycles. The first-order chi connectivity index (χ1) is 8.83. The van der Waals surface area contributed by atoms with Gasteiger partial charge in [0.2, 0.25) is 0 Å². The Morgan fingerprint density at radius 2 is 2.33 bits per heavy atom. The molecule has 1 aliphatic carbocycles. The van der Waals surface area contributed by atoms with E-state index in [1.807, 2.05) is 5.51 Å². The quantitative estimate of drug-likeness (QED) is 0.652. The van der Waals surface area contributed by atoms with Crippen molar-refractivity contribution in [2.75, 3.05) is 6.61 Å². The maximum Gasteiger partial charge on any atom is 0.0795 e. The average molecular weight is 267 g/mol. The van der Waals surface area contributed by atoms with Crippen LogP contribution in [0, 0.1) is 5.92 Å². The molecule has 1 aliphatic heterocycles. The standard InChI is InChI=1S/C13H21N3OS/c14-16-12(11-8-18-9-15-11)10-3-6-17-13(7-10)4-1-2-5-13/h8-10,12,16H,1-7,14H2. The lowest BCUT2D eigenvalue weighted by Gasteiger charge is -2.40. The second-order valence-electron chi connectivity index (χ2n) is 5.55. The van der Waals surface area contributed by atoms with Gasteiger partial charge in [-0.2, -0.15) is 0 Å². The molecule has 3 rings (SSSR count). The molecule has 2 fully saturated rings. The van der Waals surface area contributed by atoms with Crippen molar-refractivity contribution in [3.8, 4) is 0 Å². The van der Waals surface area contributed by atoms with Crippen molar-refractivity contribution in [2.45, 2.75) is 50.2 Å². The number of hydrogen-bond acceptors (Lipinski definition) is 5. The molecule has 0 radical (unpaired) electrons. The van der Waals surface area contributed by atoms with Crippen LogP contribution in [0.2, 0.25) is 0 Å². The van der Waals surface area contributed by atoms with E-state index in [-0.39, 0.29) is 11.6 Å². The van der Waals surface area contributed by atoms with E-state index < -0.39 is 0 Å². The van der Waals surface area contributed by atoms with Crippen LogP contribution >= 0.6 is 11.3 Å². The number of nitrogens with zero attached hydrogens (tertiary/aromatic N) is 1. The summed E-state index contributed by atoms with van der Waals surface area (Å²) in [7, 11) is 0. The molecule has 3 N–H and O–H groups in total. The minimum Gasteiger partial charge on any atom is -0.375 e. The molecule has 1 spiro atoms. The summed E-state index contributed by atoms with van der Waals surface area (Å²) in [4.78, 5) is 4.41. The highest BCUT2D eigenvalue weighted by Crippen LogP contribution is 2.45. The van der Waals surface area contributed by atoms with Gasteiger partial charge in [0, 0.05) is 12.0 Å². The number of aromatic nitrogens is 1. The summed E-state index contributed by atoms with van der Waals surface area (Å²) >= 11 is 1.63. The summed E-state index contributed by atoms with van der Waals surface area (Å²) in [6.07, 6.45) is 7.26. The van der Waals surface area contributed by atoms with Crippen LogP contribution in [-0.4, -0.2) is 17.2 Å². The van der Waals surface area contributed by atoms with Crippen molar-refractivity contribution < 1.29 is 4.74 Å². The maximum atomic E-state index is 6.08. The van der Waals surface area contributed by atoms with Crippen molar-refractivity contribution in [3.63, 3.8) is 0 Å². The Bertz CT molecular complexity index is 376. The van der Waals surface area contributed by atoms with Crippen LogP contribution in [0.3, 0.4) is 0 Å². The van der Waals surface area contributed by atoms with Crippen LogP contribution in [-0.2, 0) is 4.74 Å². The summed E-state index contributed by atoms with van der Waals surface area (Å²) in [5.41, 5.74) is 6.08. The number of nitrogens with one attached hydrogen (secondary N) is 1. The molecular weight excluding hydrogens is 246 g/mol. The predicted octanol–water partition coefficient (Wildman–Crippen LogP) is 2.39. The van der Waals surface area contributed by atoms with E-state index in [0.29, 0.717) is 5.92 Å². The second kappa shape index (κ2) is 5.25. The Hall–Kier alpha value is -0.490. The van der Waals surface area contributed by atoms with Gasteiger partial charge in [0.05, 0.1) is 22.8 Å². The van der Waals surface area contributed by atoms with E-state index in [4.69, 9.17) is 10.6 Å². The van der Waals surface area contributed by atoms with Crippen molar-refractivity contribution in [2.24, 2.45) is 11.8 Å². The fourth-order valence-corrected chi connectivity index (χ4v) is 4.15. The van der Waals surface area contributed by atoms with Crippen LogP contribution < -0.4 is 11.3 Å². The minimum absolute atomic E-state index is 0.147. The van der Waals surface area contributed by atoms with Gasteiger partial charge in [-0.25, -0.2) is 4.98 Å². The lowest BCUT2D eigenvalue weighted by atomic mass is 9.80. The van der Waals surface area contributed by atoms with Crippen LogP contribution in [0.5, 0.6) is 0 Å². The Kier molecular flexibility index (Phi) is 3.66. The first-order valence-electron chi connectivity index (χ1n) is 6.81. The van der Waals surface area contributed by atoms with Crippen molar-refractivity contribution in [1.82, 2.24) is 10.4 Å². The summed E-state index contributed by atoms with van der Waals surface area (Å²) < 4.78 is 6.08. The predicted molar refractivity (Wildman–Crippen MR) is 72.1 cm³/mol. The molecule has 100 valence electrons. The summed E-state index contributed by atoms with van der Waals surface area (Å²) in [6.45, 7) is 0.868. The third-order valence-electron chi connectivity index (χ3n) is 4.47. The molecule has 1 aromatic heterocycles. The monoisotopic (exact) mass is 267 g/mol. The number of thiazole rings is 1. The molecule has 2 unspecified atom stereocenters. The third-order valence-corrected chi connectivity index (χ3v) is 5.07. The van der Waals surface area contributed by atoms with Crippen molar-refractivity contribution >= 4 is 11.3 Å². The molecule has 2 aliphatic rings. The van der Waals surface area contributed by atoms with Crippen molar-refractivity contribution in [1.29, 1.82) is 0 Å². The van der Waals surface area contributed by atoms with Gasteiger partial charge in [-0.1, -0.05) is 12.8 Å². The van der Waals surface area contributed by atoms with E-state index >= 15 is 0 Å². The first-order valence-corrected chi connectivity index (χ1v) is 7.75. The Morgan fingerprint density at radius 3 is 3.00 bits per heavy atom. The number of hydrazine groups is 1. The van der Waals surface area contributed by atoms with Gasteiger partial charge in [-0.15, -0.1) is 11.3 Å². The largest absolute Gasteiger partial charge is 0.375 e. The first kappa shape index (κ1) is 12.5. The number of ether oxygens (including phenoxy) is 1. The van der Waals surface area contributed by atoms with Gasteiger partial charge < -0.3 is 4.74 Å². The Labute approximate surface area is 112 Å². The molecule has 1 saturated carbocycles. The van der Waals surface area contributed by atoms with Gasteiger partial charge in [-0.3, -0.25) is 11.3 Å². The van der Waals surface area contributed by atoms with Gasteiger partial charge in [-0.05, 0) is 31.6 Å². The summed E-state index contributed by atoms with van der Waals surface area (Å²) in [6, 6.07) is 0.178. The maximum absolute atomic E-state index is 6.08. The molecule has 0 amide bonds.